The van der Waals surface area contributed by atoms with E-state index in [9.17, 15) is 18.0 Å². The summed E-state index contributed by atoms with van der Waals surface area (Å²) >= 11 is 1.56. The van der Waals surface area contributed by atoms with Crippen LogP contribution in [0.25, 0.3) is 0 Å². The number of fused-ring (bicyclic) bond motifs is 1. The summed E-state index contributed by atoms with van der Waals surface area (Å²) < 4.78 is 37.2. The first kappa shape index (κ1) is 25.0. The lowest BCUT2D eigenvalue weighted by atomic mass is 9.93. The third-order valence-corrected chi connectivity index (χ3v) is 6.79. The van der Waals surface area contributed by atoms with Crippen LogP contribution in [0.5, 0.6) is 0 Å². The van der Waals surface area contributed by atoms with Gasteiger partial charge in [-0.05, 0) is 23.6 Å². The summed E-state index contributed by atoms with van der Waals surface area (Å²) in [4.78, 5) is 33.9. The number of piperidine rings is 1. The van der Waals surface area contributed by atoms with Crippen molar-refractivity contribution in [1.82, 2.24) is 14.7 Å². The number of furan rings is 1. The second kappa shape index (κ2) is 10.7. The molecular weight excluding hydrogens is 489 g/mol. The minimum Gasteiger partial charge on any atom is -0.475 e. The zero-order valence-corrected chi connectivity index (χ0v) is 19.5. The molecule has 9 nitrogen and oxygen atoms in total. The van der Waals surface area contributed by atoms with Gasteiger partial charge in [-0.3, -0.25) is 9.69 Å². The van der Waals surface area contributed by atoms with Crippen LogP contribution in [-0.2, 0) is 16.2 Å². The number of carboxylic acids is 1. The van der Waals surface area contributed by atoms with Gasteiger partial charge in [0.25, 0.3) is 5.91 Å². The number of hydrogen-bond donors (Lipinski definition) is 1. The van der Waals surface area contributed by atoms with E-state index in [1.54, 1.807) is 17.6 Å². The molecule has 0 aromatic carbocycles. The van der Waals surface area contributed by atoms with E-state index in [-0.39, 0.29) is 12.0 Å². The fourth-order valence-corrected chi connectivity index (χ4v) is 4.96. The van der Waals surface area contributed by atoms with Crippen LogP contribution >= 0.6 is 11.3 Å². The predicted molar refractivity (Wildman–Crippen MR) is 120 cm³/mol. The van der Waals surface area contributed by atoms with Gasteiger partial charge in [-0.2, -0.15) is 24.5 Å². The number of oxime groups is 1. The molecule has 1 N–H and O–H groups in total. The van der Waals surface area contributed by atoms with Gasteiger partial charge in [0.2, 0.25) is 0 Å². The maximum Gasteiger partial charge on any atom is 0.490 e. The number of halogens is 3. The molecule has 35 heavy (non-hydrogen) atoms. The van der Waals surface area contributed by atoms with Crippen LogP contribution in [-0.4, -0.2) is 89.1 Å². The van der Waals surface area contributed by atoms with Crippen molar-refractivity contribution in [2.24, 2.45) is 11.1 Å². The molecule has 2 saturated heterocycles. The van der Waals surface area contributed by atoms with Crippen LogP contribution in [0.3, 0.4) is 0 Å². The summed E-state index contributed by atoms with van der Waals surface area (Å²) in [6.45, 7) is 5.81. The Kier molecular flexibility index (Phi) is 7.65. The molecule has 3 aliphatic rings. The van der Waals surface area contributed by atoms with Gasteiger partial charge in [-0.15, -0.1) is 0 Å². The highest BCUT2D eigenvalue weighted by molar-refractivity contribution is 7.08. The summed E-state index contributed by atoms with van der Waals surface area (Å²) in [5.74, 6) is -0.283. The lowest BCUT2D eigenvalue weighted by molar-refractivity contribution is -0.192. The average molecular weight is 515 g/mol. The fraction of sp³-hybridized carbons (Fsp3) is 0.500. The summed E-state index contributed by atoms with van der Waals surface area (Å²) in [5, 5.41) is 15.4. The topological polar surface area (TPSA) is 98.8 Å². The second-order valence-electron chi connectivity index (χ2n) is 8.40. The van der Waals surface area contributed by atoms with Gasteiger partial charge in [0.05, 0.1) is 24.3 Å². The molecule has 13 heteroatoms. The fourth-order valence-electron chi connectivity index (χ4n) is 4.33. The third-order valence-electron chi connectivity index (χ3n) is 6.11. The molecule has 5 heterocycles. The molecule has 190 valence electrons. The van der Waals surface area contributed by atoms with Crippen molar-refractivity contribution in [3.8, 4) is 0 Å². The molecule has 2 fully saturated rings. The van der Waals surface area contributed by atoms with E-state index in [1.165, 1.54) is 0 Å². The quantitative estimate of drug-likeness (QED) is 0.673. The van der Waals surface area contributed by atoms with E-state index in [0.29, 0.717) is 5.92 Å². The lowest BCUT2D eigenvalue weighted by Gasteiger charge is -2.39. The number of rotatable bonds is 3. The van der Waals surface area contributed by atoms with Crippen LogP contribution in [0.1, 0.15) is 22.5 Å². The molecule has 2 unspecified atom stereocenters. The van der Waals surface area contributed by atoms with Crippen molar-refractivity contribution in [3.63, 3.8) is 0 Å². The number of carboxylic acid groups (broad SMARTS) is 1. The number of amidine groups is 1. The summed E-state index contributed by atoms with van der Waals surface area (Å²) in [6, 6.07) is 5.86. The molecule has 2 aromatic heterocycles. The predicted octanol–water partition coefficient (Wildman–Crippen LogP) is 2.97. The highest BCUT2D eigenvalue weighted by Gasteiger charge is 2.42. The van der Waals surface area contributed by atoms with E-state index in [2.05, 4.69) is 15.0 Å². The summed E-state index contributed by atoms with van der Waals surface area (Å²) in [5.41, 5.74) is 0.793. The molecule has 0 aliphatic carbocycles. The Balaban J connectivity index is 0.000000364. The van der Waals surface area contributed by atoms with Gasteiger partial charge >= 0.3 is 12.1 Å². The van der Waals surface area contributed by atoms with Crippen LogP contribution in [0.2, 0.25) is 0 Å². The van der Waals surface area contributed by atoms with E-state index >= 15 is 0 Å². The number of carbonyl (C=O) groups excluding carboxylic acids is 1. The molecule has 0 saturated carbocycles. The van der Waals surface area contributed by atoms with Gasteiger partial charge < -0.3 is 24.2 Å². The number of carbonyl (C=O) groups is 2. The Morgan fingerprint density at radius 3 is 2.51 bits per heavy atom. The molecule has 0 radical (unpaired) electrons. The average Bonchev–Trinajstić information content (AvgIpc) is 3.60. The largest absolute Gasteiger partial charge is 0.490 e. The number of likely N-dealkylation sites (tertiary alicyclic amines) is 1. The molecule has 2 atom stereocenters. The first-order valence-electron chi connectivity index (χ1n) is 11.1. The van der Waals surface area contributed by atoms with Gasteiger partial charge in [0.15, 0.2) is 5.84 Å². The van der Waals surface area contributed by atoms with Crippen molar-refractivity contribution in [2.45, 2.75) is 25.2 Å². The Morgan fingerprint density at radius 1 is 1.17 bits per heavy atom. The number of alkyl halides is 3. The molecular formula is C22H25F3N4O5S. The van der Waals surface area contributed by atoms with Crippen molar-refractivity contribution in [2.75, 3.05) is 39.3 Å². The number of aliphatic carboxylic acids is 1. The molecule has 1 amide bonds. The second-order valence-corrected chi connectivity index (χ2v) is 9.18. The molecule has 0 spiro atoms. The first-order valence-corrected chi connectivity index (χ1v) is 12.0. The lowest BCUT2D eigenvalue weighted by Crippen LogP contribution is -2.54. The van der Waals surface area contributed by atoms with Crippen LogP contribution in [0.15, 0.2) is 44.8 Å². The van der Waals surface area contributed by atoms with Gasteiger partial charge in [0, 0.05) is 51.1 Å². The van der Waals surface area contributed by atoms with Crippen molar-refractivity contribution in [3.05, 3.63) is 46.5 Å². The van der Waals surface area contributed by atoms with E-state index < -0.39 is 12.1 Å². The molecule has 0 bridgehead atoms. The van der Waals surface area contributed by atoms with Crippen LogP contribution in [0.4, 0.5) is 13.2 Å². The van der Waals surface area contributed by atoms with Crippen molar-refractivity contribution < 1.29 is 37.1 Å². The highest BCUT2D eigenvalue weighted by atomic mass is 32.1. The SMILES string of the molecule is O=C(O)C(F)(F)F.O=C(c1ccsc1)N1CCN(C2=NOC3CCN(Cc4ccco4)CC23)CC1. The maximum absolute atomic E-state index is 12.6. The van der Waals surface area contributed by atoms with Gasteiger partial charge in [0.1, 0.15) is 11.9 Å². The highest BCUT2D eigenvalue weighted by Crippen LogP contribution is 2.30. The number of amides is 1. The number of hydrogen-bond acceptors (Lipinski definition) is 8. The molecule has 3 aliphatic heterocycles. The third kappa shape index (κ3) is 6.14. The Labute approximate surface area is 203 Å². The van der Waals surface area contributed by atoms with E-state index in [1.807, 2.05) is 33.9 Å². The van der Waals surface area contributed by atoms with Crippen molar-refractivity contribution in [1.29, 1.82) is 0 Å². The maximum atomic E-state index is 12.6. The number of piperazine rings is 1. The Morgan fingerprint density at radius 2 is 1.91 bits per heavy atom. The standard InChI is InChI=1S/C20H24N4O3S.C2HF3O2/c25-20(15-4-11-28-14-15)24-8-6-23(7-9-24)19-17-13-22(5-3-18(17)27-21-19)12-16-2-1-10-26-16;3-2(4,5)1(6)7/h1-2,4,10-11,14,17-18H,3,5-9,12-13H2;(H,6,7). The first-order chi connectivity index (χ1) is 16.7. The van der Waals surface area contributed by atoms with E-state index in [0.717, 1.165) is 69.4 Å². The van der Waals surface area contributed by atoms with Gasteiger partial charge in [-0.1, -0.05) is 5.16 Å². The molecule has 2 aromatic rings. The zero-order chi connectivity index (χ0) is 25.0. The smallest absolute Gasteiger partial charge is 0.475 e. The Bertz CT molecular complexity index is 1020. The van der Waals surface area contributed by atoms with E-state index in [4.69, 9.17) is 19.2 Å². The van der Waals surface area contributed by atoms with Gasteiger partial charge in [-0.25, -0.2) is 4.79 Å². The van der Waals surface area contributed by atoms with Crippen LogP contribution < -0.4 is 0 Å². The summed E-state index contributed by atoms with van der Waals surface area (Å²) in [6.07, 6.45) is -2.20. The van der Waals surface area contributed by atoms with Crippen LogP contribution in [0, 0.1) is 5.92 Å². The number of nitrogens with zero attached hydrogens (tertiary/aromatic N) is 4. The normalized spacial score (nSPS) is 22.5. The van der Waals surface area contributed by atoms with Crippen molar-refractivity contribution >= 4 is 29.0 Å². The summed E-state index contributed by atoms with van der Waals surface area (Å²) in [7, 11) is 0. The minimum atomic E-state index is -5.08. The monoisotopic (exact) mass is 514 g/mol. The Hall–Kier alpha value is -3.06. The minimum absolute atomic E-state index is 0.130. The zero-order valence-electron chi connectivity index (χ0n) is 18.7. The molecule has 5 rings (SSSR count). The number of thiophene rings is 1.